The monoisotopic (exact) mass is 205 g/mol. The van der Waals surface area contributed by atoms with Gasteiger partial charge in [-0.25, -0.2) is 9.97 Å². The molecule has 2 aromatic rings. The van der Waals surface area contributed by atoms with Crippen LogP contribution in [0.5, 0.6) is 5.88 Å². The molecule has 0 saturated heterocycles. The second-order valence-electron chi connectivity index (χ2n) is 2.74. The summed E-state index contributed by atoms with van der Waals surface area (Å²) in [6.45, 7) is 1.97. The highest BCUT2D eigenvalue weighted by atomic mass is 32.1. The van der Waals surface area contributed by atoms with Gasteiger partial charge in [0.05, 0.1) is 23.4 Å². The van der Waals surface area contributed by atoms with E-state index < -0.39 is 0 Å². The van der Waals surface area contributed by atoms with Gasteiger partial charge < -0.3 is 4.74 Å². The van der Waals surface area contributed by atoms with Gasteiger partial charge in [-0.15, -0.1) is 11.3 Å². The standard InChI is InChI=1S/C10H9N2OS/c1-7-12-9(6-14-7)8-4-3-5-11-10(8)13-2/h4-6H,1-2H3. The van der Waals surface area contributed by atoms with Crippen molar-refractivity contribution in [1.29, 1.82) is 0 Å². The summed E-state index contributed by atoms with van der Waals surface area (Å²) in [7, 11) is 1.60. The quantitative estimate of drug-likeness (QED) is 0.754. The van der Waals surface area contributed by atoms with Crippen molar-refractivity contribution in [3.05, 3.63) is 28.7 Å². The highest BCUT2D eigenvalue weighted by Crippen LogP contribution is 2.27. The van der Waals surface area contributed by atoms with Crippen LogP contribution in [0.25, 0.3) is 11.3 Å². The molecule has 0 aromatic carbocycles. The Balaban J connectivity index is 2.50. The molecule has 0 aliphatic heterocycles. The highest BCUT2D eigenvalue weighted by molar-refractivity contribution is 7.09. The number of aryl methyl sites for hydroxylation is 1. The van der Waals surface area contributed by atoms with Crippen molar-refractivity contribution < 1.29 is 4.74 Å². The predicted molar refractivity (Wildman–Crippen MR) is 55.5 cm³/mol. The summed E-state index contributed by atoms with van der Waals surface area (Å²) < 4.78 is 5.14. The SMILES string of the molecule is COc1nc[c]cc1-c1csc(C)n1. The molecule has 3 nitrogen and oxygen atoms in total. The summed E-state index contributed by atoms with van der Waals surface area (Å²) in [4.78, 5) is 8.44. The molecule has 0 aliphatic carbocycles. The van der Waals surface area contributed by atoms with Crippen molar-refractivity contribution in [2.45, 2.75) is 6.92 Å². The molecular weight excluding hydrogens is 196 g/mol. The third-order valence-corrected chi connectivity index (χ3v) is 2.58. The molecule has 1 radical (unpaired) electrons. The van der Waals surface area contributed by atoms with E-state index in [1.54, 1.807) is 24.6 Å². The zero-order valence-corrected chi connectivity index (χ0v) is 8.76. The van der Waals surface area contributed by atoms with E-state index in [0.717, 1.165) is 16.3 Å². The number of ether oxygens (including phenoxy) is 1. The Morgan fingerprint density at radius 3 is 3.00 bits per heavy atom. The Labute approximate surface area is 86.4 Å². The lowest BCUT2D eigenvalue weighted by Gasteiger charge is -2.02. The van der Waals surface area contributed by atoms with Crippen molar-refractivity contribution >= 4 is 11.3 Å². The molecule has 2 heterocycles. The Morgan fingerprint density at radius 2 is 2.36 bits per heavy atom. The molecule has 0 amide bonds. The number of nitrogens with zero attached hydrogens (tertiary/aromatic N) is 2. The summed E-state index contributed by atoms with van der Waals surface area (Å²) >= 11 is 1.61. The molecule has 0 fully saturated rings. The Bertz CT molecular complexity index is 439. The van der Waals surface area contributed by atoms with Gasteiger partial charge in [0, 0.05) is 17.6 Å². The minimum atomic E-state index is 0.592. The number of pyridine rings is 1. The van der Waals surface area contributed by atoms with Crippen molar-refractivity contribution in [2.75, 3.05) is 7.11 Å². The third-order valence-electron chi connectivity index (χ3n) is 1.80. The fraction of sp³-hybridized carbons (Fsp3) is 0.200. The Kier molecular flexibility index (Phi) is 2.45. The number of rotatable bonds is 2. The molecule has 14 heavy (non-hydrogen) atoms. The number of hydrogen-bond acceptors (Lipinski definition) is 4. The average molecular weight is 205 g/mol. The van der Waals surface area contributed by atoms with E-state index in [0.29, 0.717) is 5.88 Å². The maximum atomic E-state index is 5.14. The molecule has 0 aliphatic rings. The van der Waals surface area contributed by atoms with Crippen LogP contribution in [0, 0.1) is 13.0 Å². The summed E-state index contributed by atoms with van der Waals surface area (Å²) in [6, 6.07) is 4.75. The molecule has 71 valence electrons. The van der Waals surface area contributed by atoms with Crippen molar-refractivity contribution in [1.82, 2.24) is 9.97 Å². The summed E-state index contributed by atoms with van der Waals surface area (Å²) in [5, 5.41) is 3.02. The van der Waals surface area contributed by atoms with Crippen molar-refractivity contribution in [3.63, 3.8) is 0 Å². The van der Waals surface area contributed by atoms with Crippen LogP contribution in [0.2, 0.25) is 0 Å². The number of thiazole rings is 1. The van der Waals surface area contributed by atoms with Gasteiger partial charge in [-0.05, 0) is 13.0 Å². The fourth-order valence-electron chi connectivity index (χ4n) is 1.18. The molecule has 0 N–H and O–H groups in total. The maximum Gasteiger partial charge on any atom is 0.222 e. The van der Waals surface area contributed by atoms with E-state index in [9.17, 15) is 0 Å². The minimum absolute atomic E-state index is 0.592. The van der Waals surface area contributed by atoms with E-state index >= 15 is 0 Å². The topological polar surface area (TPSA) is 35.0 Å². The smallest absolute Gasteiger partial charge is 0.222 e. The summed E-state index contributed by atoms with van der Waals surface area (Å²) in [5.74, 6) is 0.592. The zero-order chi connectivity index (χ0) is 9.97. The van der Waals surface area contributed by atoms with Crippen LogP contribution in [-0.4, -0.2) is 17.1 Å². The third kappa shape index (κ3) is 1.61. The normalized spacial score (nSPS) is 10.1. The van der Waals surface area contributed by atoms with Gasteiger partial charge in [-0.1, -0.05) is 0 Å². The first-order valence-corrected chi connectivity index (χ1v) is 5.02. The second kappa shape index (κ2) is 3.75. The van der Waals surface area contributed by atoms with Crippen molar-refractivity contribution in [3.8, 4) is 17.1 Å². The van der Waals surface area contributed by atoms with Gasteiger partial charge in [-0.3, -0.25) is 0 Å². The molecule has 2 aromatic heterocycles. The van der Waals surface area contributed by atoms with Gasteiger partial charge in [0.2, 0.25) is 5.88 Å². The highest BCUT2D eigenvalue weighted by Gasteiger charge is 2.08. The molecular formula is C10H9N2OS. The second-order valence-corrected chi connectivity index (χ2v) is 3.81. The van der Waals surface area contributed by atoms with Gasteiger partial charge in [0.15, 0.2) is 0 Å². The lowest BCUT2D eigenvalue weighted by molar-refractivity contribution is 0.399. The molecule has 0 bridgehead atoms. The van der Waals surface area contributed by atoms with Crippen LogP contribution in [0.1, 0.15) is 5.01 Å². The fourth-order valence-corrected chi connectivity index (χ4v) is 1.79. The number of hydrogen-bond donors (Lipinski definition) is 0. The van der Waals surface area contributed by atoms with Crippen LogP contribution in [0.15, 0.2) is 17.6 Å². The first-order valence-electron chi connectivity index (χ1n) is 4.14. The van der Waals surface area contributed by atoms with Crippen LogP contribution in [-0.2, 0) is 0 Å². The van der Waals surface area contributed by atoms with Gasteiger partial charge in [-0.2, -0.15) is 0 Å². The first kappa shape index (κ1) is 9.15. The van der Waals surface area contributed by atoms with E-state index in [1.807, 2.05) is 18.4 Å². The Morgan fingerprint density at radius 1 is 1.50 bits per heavy atom. The van der Waals surface area contributed by atoms with Gasteiger partial charge in [0.1, 0.15) is 0 Å². The van der Waals surface area contributed by atoms with Gasteiger partial charge >= 0.3 is 0 Å². The lowest BCUT2D eigenvalue weighted by Crippen LogP contribution is -1.90. The summed E-state index contributed by atoms with van der Waals surface area (Å²) in [5.41, 5.74) is 1.79. The minimum Gasteiger partial charge on any atom is -0.481 e. The predicted octanol–water partition coefficient (Wildman–Crippen LogP) is 2.32. The molecule has 0 spiro atoms. The molecule has 4 heteroatoms. The molecule has 2 rings (SSSR count). The van der Waals surface area contributed by atoms with E-state index in [4.69, 9.17) is 4.74 Å². The van der Waals surface area contributed by atoms with E-state index in [-0.39, 0.29) is 0 Å². The van der Waals surface area contributed by atoms with E-state index in [2.05, 4.69) is 16.0 Å². The zero-order valence-electron chi connectivity index (χ0n) is 7.94. The number of aromatic nitrogens is 2. The van der Waals surface area contributed by atoms with Crippen LogP contribution >= 0.6 is 11.3 Å². The number of methoxy groups -OCH3 is 1. The molecule has 0 atom stereocenters. The molecule has 0 saturated carbocycles. The first-order chi connectivity index (χ1) is 6.81. The van der Waals surface area contributed by atoms with Crippen LogP contribution < -0.4 is 4.74 Å². The average Bonchev–Trinajstić information content (AvgIpc) is 2.65. The largest absolute Gasteiger partial charge is 0.481 e. The molecule has 0 unspecified atom stereocenters. The maximum absolute atomic E-state index is 5.14. The van der Waals surface area contributed by atoms with E-state index in [1.165, 1.54) is 0 Å². The summed E-state index contributed by atoms with van der Waals surface area (Å²) in [6.07, 6.45) is 1.58. The lowest BCUT2D eigenvalue weighted by atomic mass is 10.2. The Hall–Kier alpha value is -1.42. The van der Waals surface area contributed by atoms with Gasteiger partial charge in [0.25, 0.3) is 0 Å². The van der Waals surface area contributed by atoms with Crippen molar-refractivity contribution in [2.24, 2.45) is 0 Å². The van der Waals surface area contributed by atoms with Crippen LogP contribution in [0.4, 0.5) is 0 Å². The van der Waals surface area contributed by atoms with Crippen LogP contribution in [0.3, 0.4) is 0 Å².